The zero-order valence-electron chi connectivity index (χ0n) is 21.1. The minimum Gasteiger partial charge on any atom is -0.370 e. The van der Waals surface area contributed by atoms with E-state index < -0.39 is 5.91 Å². The van der Waals surface area contributed by atoms with Gasteiger partial charge in [-0.1, -0.05) is 0 Å². The van der Waals surface area contributed by atoms with Crippen molar-refractivity contribution in [3.63, 3.8) is 0 Å². The molecule has 4 aromatic rings. The SMILES string of the molecule is Cc1[nH]c(-c2nc3ccc(C(=O)Nc4ccc(N(CCCl)CCCl)cc4)cc3[nH]2)nc1NC(=O)CN=C(N)N. The lowest BCUT2D eigenvalue weighted by Gasteiger charge is -2.23. The molecule has 2 aromatic heterocycles. The highest BCUT2D eigenvalue weighted by Crippen LogP contribution is 2.23. The van der Waals surface area contributed by atoms with Crippen LogP contribution < -0.4 is 27.0 Å². The normalized spacial score (nSPS) is 10.8. The minimum absolute atomic E-state index is 0.176. The molecule has 0 bridgehead atoms. The Kier molecular flexibility index (Phi) is 8.89. The molecule has 0 saturated heterocycles. The fourth-order valence-electron chi connectivity index (χ4n) is 3.82. The summed E-state index contributed by atoms with van der Waals surface area (Å²) in [4.78, 5) is 45.9. The van der Waals surface area contributed by atoms with Gasteiger partial charge in [-0.05, 0) is 49.4 Å². The number of benzene rings is 2. The van der Waals surface area contributed by atoms with Crippen LogP contribution in [0, 0.1) is 6.92 Å². The van der Waals surface area contributed by atoms with Gasteiger partial charge in [-0.25, -0.2) is 15.0 Å². The fourth-order valence-corrected chi connectivity index (χ4v) is 4.23. The maximum atomic E-state index is 12.9. The number of fused-ring (bicyclic) bond motifs is 1. The summed E-state index contributed by atoms with van der Waals surface area (Å²) in [6.45, 7) is 2.90. The molecule has 4 rings (SSSR count). The highest BCUT2D eigenvalue weighted by Gasteiger charge is 2.16. The molecule has 0 aliphatic rings. The van der Waals surface area contributed by atoms with Gasteiger partial charge in [0, 0.05) is 41.8 Å². The number of nitrogens with two attached hydrogens (primary N) is 2. The van der Waals surface area contributed by atoms with Gasteiger partial charge >= 0.3 is 0 Å². The van der Waals surface area contributed by atoms with Crippen LogP contribution in [0.15, 0.2) is 47.5 Å². The summed E-state index contributed by atoms with van der Waals surface area (Å²) in [6, 6.07) is 12.7. The lowest BCUT2D eigenvalue weighted by Crippen LogP contribution is -2.27. The second-order valence-corrected chi connectivity index (χ2v) is 9.29. The van der Waals surface area contributed by atoms with E-state index in [2.05, 4.69) is 40.5 Å². The van der Waals surface area contributed by atoms with Gasteiger partial charge in [0.05, 0.1) is 16.7 Å². The van der Waals surface area contributed by atoms with Gasteiger partial charge < -0.3 is 37.0 Å². The molecule has 0 aliphatic heterocycles. The number of rotatable bonds is 11. The largest absolute Gasteiger partial charge is 0.370 e. The van der Waals surface area contributed by atoms with Crippen LogP contribution in [0.3, 0.4) is 0 Å². The summed E-state index contributed by atoms with van der Waals surface area (Å²) in [7, 11) is 0. The van der Waals surface area contributed by atoms with Crippen molar-refractivity contribution >= 4 is 69.2 Å². The molecule has 0 spiro atoms. The predicted octanol–water partition coefficient (Wildman–Crippen LogP) is 3.01. The number of hydrogen-bond acceptors (Lipinski definition) is 6. The summed E-state index contributed by atoms with van der Waals surface area (Å²) in [6.07, 6.45) is 0. The van der Waals surface area contributed by atoms with E-state index in [-0.39, 0.29) is 18.4 Å². The van der Waals surface area contributed by atoms with E-state index in [4.69, 9.17) is 34.7 Å². The Hall–Kier alpha value is -4.29. The van der Waals surface area contributed by atoms with Crippen molar-refractivity contribution in [2.75, 3.05) is 46.9 Å². The molecule has 0 radical (unpaired) electrons. The van der Waals surface area contributed by atoms with Gasteiger partial charge in [0.1, 0.15) is 6.54 Å². The summed E-state index contributed by atoms with van der Waals surface area (Å²) in [5.74, 6) is 1.33. The number of nitrogens with zero attached hydrogens (tertiary/aromatic N) is 4. The van der Waals surface area contributed by atoms with Crippen LogP contribution in [0.1, 0.15) is 16.1 Å². The lowest BCUT2D eigenvalue weighted by molar-refractivity contribution is -0.114. The molecule has 14 heteroatoms. The van der Waals surface area contributed by atoms with E-state index in [0.717, 1.165) is 5.69 Å². The standard InChI is InChI=1S/C25H28Cl2N10O2/c1-14-21(35-20(38)13-30-25(28)29)36-22(31-14)23-33-18-7-2-15(12-19(18)34-23)24(39)32-16-3-5-17(6-4-16)37(10-8-26)11-9-27/h2-7,12H,8-11,13H2,1H3,(H,31,36)(H,32,39)(H,33,34)(H,35,38)(H4,28,29,30). The molecule has 8 N–H and O–H groups in total. The number of anilines is 3. The number of carbonyl (C=O) groups excluding carboxylic acids is 2. The molecule has 204 valence electrons. The molecule has 12 nitrogen and oxygen atoms in total. The van der Waals surface area contributed by atoms with Crippen molar-refractivity contribution in [1.29, 1.82) is 0 Å². The number of amides is 2. The Morgan fingerprint density at radius 1 is 0.974 bits per heavy atom. The van der Waals surface area contributed by atoms with Crippen LogP contribution >= 0.6 is 23.2 Å². The Bertz CT molecular complexity index is 1490. The van der Waals surface area contributed by atoms with Crippen LogP contribution in [0.5, 0.6) is 0 Å². The van der Waals surface area contributed by atoms with Crippen LogP contribution in [-0.2, 0) is 4.79 Å². The molecule has 0 fully saturated rings. The highest BCUT2D eigenvalue weighted by atomic mass is 35.5. The highest BCUT2D eigenvalue weighted by molar-refractivity contribution is 6.18. The molecular formula is C25H28Cl2N10O2. The third-order valence-electron chi connectivity index (χ3n) is 5.72. The van der Waals surface area contributed by atoms with E-state index in [0.29, 0.717) is 70.3 Å². The molecule has 0 aliphatic carbocycles. The Labute approximate surface area is 234 Å². The first-order valence-corrected chi connectivity index (χ1v) is 13.0. The van der Waals surface area contributed by atoms with Crippen molar-refractivity contribution in [3.8, 4) is 11.6 Å². The summed E-state index contributed by atoms with van der Waals surface area (Å²) in [5, 5.41) is 5.56. The number of aromatic amines is 2. The maximum Gasteiger partial charge on any atom is 0.255 e. The first kappa shape index (κ1) is 27.7. The Morgan fingerprint density at radius 2 is 1.67 bits per heavy atom. The van der Waals surface area contributed by atoms with E-state index in [1.807, 2.05) is 24.3 Å². The van der Waals surface area contributed by atoms with Crippen LogP contribution in [0.25, 0.3) is 22.7 Å². The Morgan fingerprint density at radius 3 is 2.33 bits per heavy atom. The number of nitrogens with one attached hydrogen (secondary N) is 4. The van der Waals surface area contributed by atoms with Gasteiger partial charge in [-0.3, -0.25) is 9.59 Å². The number of hydrogen-bond donors (Lipinski definition) is 6. The van der Waals surface area contributed by atoms with Crippen molar-refractivity contribution < 1.29 is 9.59 Å². The van der Waals surface area contributed by atoms with Crippen molar-refractivity contribution in [3.05, 3.63) is 53.7 Å². The third-order valence-corrected chi connectivity index (χ3v) is 6.05. The zero-order valence-corrected chi connectivity index (χ0v) is 22.6. The third kappa shape index (κ3) is 6.98. The topological polar surface area (TPSA) is 183 Å². The number of alkyl halides is 2. The van der Waals surface area contributed by atoms with Crippen LogP contribution in [0.4, 0.5) is 17.2 Å². The van der Waals surface area contributed by atoms with E-state index in [9.17, 15) is 9.59 Å². The number of guanidine groups is 1. The van der Waals surface area contributed by atoms with Crippen LogP contribution in [0.2, 0.25) is 0 Å². The van der Waals surface area contributed by atoms with E-state index in [1.165, 1.54) is 0 Å². The Balaban J connectivity index is 1.46. The lowest BCUT2D eigenvalue weighted by atomic mass is 10.2. The number of aryl methyl sites for hydroxylation is 1. The number of carbonyl (C=O) groups is 2. The maximum absolute atomic E-state index is 12.9. The molecule has 0 atom stereocenters. The number of aromatic nitrogens is 4. The van der Waals surface area contributed by atoms with Crippen LogP contribution in [-0.4, -0.2) is 69.1 Å². The van der Waals surface area contributed by atoms with Gasteiger partial charge in [0.25, 0.3) is 5.91 Å². The van der Waals surface area contributed by atoms with Crippen molar-refractivity contribution in [2.45, 2.75) is 6.92 Å². The van der Waals surface area contributed by atoms with Gasteiger partial charge in [0.2, 0.25) is 5.91 Å². The predicted molar refractivity (Wildman–Crippen MR) is 156 cm³/mol. The number of imidazole rings is 2. The molecule has 0 saturated carbocycles. The summed E-state index contributed by atoms with van der Waals surface area (Å²) < 4.78 is 0. The summed E-state index contributed by atoms with van der Waals surface area (Å²) in [5.41, 5.74) is 14.5. The zero-order chi connectivity index (χ0) is 27.9. The van der Waals surface area contributed by atoms with Gasteiger partial charge in [-0.15, -0.1) is 23.2 Å². The minimum atomic E-state index is -0.415. The number of halogens is 2. The molecule has 2 amide bonds. The monoisotopic (exact) mass is 570 g/mol. The van der Waals surface area contributed by atoms with E-state index >= 15 is 0 Å². The number of H-pyrrole nitrogens is 2. The molecule has 2 aromatic carbocycles. The number of aliphatic imine (C=N–C) groups is 1. The first-order chi connectivity index (χ1) is 18.8. The molecule has 39 heavy (non-hydrogen) atoms. The fraction of sp³-hybridized carbons (Fsp3) is 0.240. The average molecular weight is 571 g/mol. The summed E-state index contributed by atoms with van der Waals surface area (Å²) >= 11 is 11.8. The van der Waals surface area contributed by atoms with Gasteiger partial charge in [-0.2, -0.15) is 0 Å². The van der Waals surface area contributed by atoms with Gasteiger partial charge in [0.15, 0.2) is 23.4 Å². The first-order valence-electron chi connectivity index (χ1n) is 12.0. The average Bonchev–Trinajstić information content (AvgIpc) is 3.50. The van der Waals surface area contributed by atoms with Crippen molar-refractivity contribution in [2.24, 2.45) is 16.5 Å². The quantitative estimate of drug-likeness (QED) is 0.0908. The molecular weight excluding hydrogens is 543 g/mol. The molecule has 2 heterocycles. The second kappa shape index (κ2) is 12.5. The van der Waals surface area contributed by atoms with Crippen molar-refractivity contribution in [1.82, 2.24) is 19.9 Å². The molecule has 0 unspecified atom stereocenters. The smallest absolute Gasteiger partial charge is 0.255 e. The second-order valence-electron chi connectivity index (χ2n) is 8.53. The van der Waals surface area contributed by atoms with E-state index in [1.54, 1.807) is 25.1 Å².